The van der Waals surface area contributed by atoms with E-state index in [1.807, 2.05) is 30.3 Å². The fraction of sp³-hybridized carbons (Fsp3) is 0.194. The summed E-state index contributed by atoms with van der Waals surface area (Å²) >= 11 is 0. The summed E-state index contributed by atoms with van der Waals surface area (Å²) in [6.07, 6.45) is 4.02. The number of ether oxygens (including phenoxy) is 2. The zero-order valence-corrected chi connectivity index (χ0v) is 22.8. The standard InChI is InChI=1S/C31H28FN7O3/c1-31(29(40)36-23-11-14-33-15-12-23)18-41-28(42-19-31)27-38-25(21-7-9-22(32)10-8-21)26(39-27)24-13-16-34-30(37-24)35-17-20-5-3-2-4-6-20/h2-16,28H,17-19H2,1H3,(H,38,39)(H,33,36,40)(H,34,35,37). The molecule has 0 radical (unpaired) electrons. The van der Waals surface area contributed by atoms with Gasteiger partial charge in [-0.1, -0.05) is 30.3 Å². The normalized spacial score (nSPS) is 18.4. The highest BCUT2D eigenvalue weighted by Gasteiger charge is 2.41. The van der Waals surface area contributed by atoms with Crippen LogP contribution in [0.25, 0.3) is 22.6 Å². The Balaban J connectivity index is 1.24. The van der Waals surface area contributed by atoms with Crippen molar-refractivity contribution in [3.8, 4) is 22.6 Å². The summed E-state index contributed by atoms with van der Waals surface area (Å²) in [6, 6.07) is 21.2. The molecule has 1 aliphatic rings. The molecular formula is C31H28FN7O3. The minimum atomic E-state index is -0.916. The predicted molar refractivity (Wildman–Crippen MR) is 154 cm³/mol. The summed E-state index contributed by atoms with van der Waals surface area (Å²) in [7, 11) is 0. The van der Waals surface area contributed by atoms with Gasteiger partial charge in [-0.2, -0.15) is 0 Å². The van der Waals surface area contributed by atoms with Crippen LogP contribution in [0.5, 0.6) is 0 Å². The van der Waals surface area contributed by atoms with Crippen LogP contribution in [0.15, 0.2) is 91.4 Å². The van der Waals surface area contributed by atoms with Crippen LogP contribution in [0.3, 0.4) is 0 Å². The van der Waals surface area contributed by atoms with Gasteiger partial charge in [0.1, 0.15) is 5.82 Å². The summed E-state index contributed by atoms with van der Waals surface area (Å²) in [4.78, 5) is 34.1. The number of rotatable bonds is 8. The second-order valence-corrected chi connectivity index (χ2v) is 10.2. The van der Waals surface area contributed by atoms with Crippen molar-refractivity contribution < 1.29 is 18.7 Å². The van der Waals surface area contributed by atoms with E-state index in [0.717, 1.165) is 5.56 Å². The summed E-state index contributed by atoms with van der Waals surface area (Å²) in [5, 5.41) is 6.13. The number of aromatic amines is 1. The highest BCUT2D eigenvalue weighted by molar-refractivity contribution is 5.95. The van der Waals surface area contributed by atoms with Crippen LogP contribution in [0.2, 0.25) is 0 Å². The molecule has 5 aromatic rings. The third kappa shape index (κ3) is 6.02. The average Bonchev–Trinajstić information content (AvgIpc) is 3.47. The van der Waals surface area contributed by atoms with E-state index in [2.05, 4.69) is 25.6 Å². The zero-order chi connectivity index (χ0) is 28.9. The molecule has 11 heteroatoms. The smallest absolute Gasteiger partial charge is 0.235 e. The van der Waals surface area contributed by atoms with Crippen molar-refractivity contribution in [1.82, 2.24) is 24.9 Å². The minimum Gasteiger partial charge on any atom is -0.350 e. The van der Waals surface area contributed by atoms with Gasteiger partial charge >= 0.3 is 0 Å². The maximum absolute atomic E-state index is 13.7. The first kappa shape index (κ1) is 27.2. The lowest BCUT2D eigenvalue weighted by atomic mass is 9.91. The molecule has 6 rings (SSSR count). The summed E-state index contributed by atoms with van der Waals surface area (Å²) in [6.45, 7) is 2.55. The molecule has 4 heterocycles. The van der Waals surface area contributed by atoms with E-state index in [4.69, 9.17) is 19.4 Å². The number of hydrogen-bond donors (Lipinski definition) is 3. The van der Waals surface area contributed by atoms with Gasteiger partial charge in [0.15, 0.2) is 5.82 Å². The van der Waals surface area contributed by atoms with Gasteiger partial charge < -0.3 is 25.1 Å². The average molecular weight is 566 g/mol. The molecular weight excluding hydrogens is 537 g/mol. The molecule has 42 heavy (non-hydrogen) atoms. The predicted octanol–water partition coefficient (Wildman–Crippen LogP) is 5.37. The summed E-state index contributed by atoms with van der Waals surface area (Å²) in [5.74, 6) is 0.265. The fourth-order valence-corrected chi connectivity index (χ4v) is 4.48. The minimum absolute atomic E-state index is 0.109. The molecule has 3 N–H and O–H groups in total. The van der Waals surface area contributed by atoms with Gasteiger partial charge in [-0.3, -0.25) is 9.78 Å². The molecule has 3 aromatic heterocycles. The number of aromatic nitrogens is 5. The molecule has 1 amide bonds. The van der Waals surface area contributed by atoms with Gasteiger partial charge in [-0.05, 0) is 55.0 Å². The van der Waals surface area contributed by atoms with E-state index in [9.17, 15) is 9.18 Å². The van der Waals surface area contributed by atoms with Gasteiger partial charge in [0, 0.05) is 36.4 Å². The third-order valence-corrected chi connectivity index (χ3v) is 6.86. The fourth-order valence-electron chi connectivity index (χ4n) is 4.48. The number of imidazole rings is 1. The Bertz CT molecular complexity index is 1660. The molecule has 2 aromatic carbocycles. The molecule has 0 unspecified atom stereocenters. The quantitative estimate of drug-likeness (QED) is 0.229. The van der Waals surface area contributed by atoms with Gasteiger partial charge in [-0.15, -0.1) is 0 Å². The lowest BCUT2D eigenvalue weighted by molar-refractivity contribution is -0.229. The molecule has 1 aliphatic heterocycles. The monoisotopic (exact) mass is 565 g/mol. The van der Waals surface area contributed by atoms with Crippen molar-refractivity contribution >= 4 is 17.5 Å². The molecule has 1 fully saturated rings. The summed E-state index contributed by atoms with van der Waals surface area (Å²) in [5.41, 5.74) is 3.22. The molecule has 0 atom stereocenters. The highest BCUT2D eigenvalue weighted by atomic mass is 19.1. The third-order valence-electron chi connectivity index (χ3n) is 6.86. The first-order valence-electron chi connectivity index (χ1n) is 13.4. The molecule has 1 saturated heterocycles. The zero-order valence-electron chi connectivity index (χ0n) is 22.8. The van der Waals surface area contributed by atoms with E-state index in [-0.39, 0.29) is 24.9 Å². The van der Waals surface area contributed by atoms with E-state index >= 15 is 0 Å². The van der Waals surface area contributed by atoms with Crippen LogP contribution in [0.4, 0.5) is 16.0 Å². The van der Waals surface area contributed by atoms with E-state index in [1.165, 1.54) is 12.1 Å². The van der Waals surface area contributed by atoms with Crippen molar-refractivity contribution in [2.24, 2.45) is 5.41 Å². The van der Waals surface area contributed by atoms with E-state index in [1.54, 1.807) is 55.8 Å². The highest BCUT2D eigenvalue weighted by Crippen LogP contribution is 2.36. The lowest BCUT2D eigenvalue weighted by Gasteiger charge is -2.35. The maximum Gasteiger partial charge on any atom is 0.235 e. The Morgan fingerprint density at radius 1 is 0.976 bits per heavy atom. The number of benzene rings is 2. The van der Waals surface area contributed by atoms with Gasteiger partial charge in [0.2, 0.25) is 18.1 Å². The van der Waals surface area contributed by atoms with Crippen molar-refractivity contribution in [2.75, 3.05) is 23.8 Å². The molecule has 10 nitrogen and oxygen atoms in total. The van der Waals surface area contributed by atoms with E-state index < -0.39 is 11.7 Å². The largest absolute Gasteiger partial charge is 0.350 e. The van der Waals surface area contributed by atoms with Crippen LogP contribution in [-0.2, 0) is 20.8 Å². The maximum atomic E-state index is 13.7. The van der Waals surface area contributed by atoms with Crippen LogP contribution in [-0.4, -0.2) is 44.0 Å². The Kier molecular flexibility index (Phi) is 7.67. The van der Waals surface area contributed by atoms with Gasteiger partial charge in [0.05, 0.1) is 35.7 Å². The first-order chi connectivity index (χ1) is 20.5. The van der Waals surface area contributed by atoms with Crippen LogP contribution >= 0.6 is 0 Å². The number of carbonyl (C=O) groups is 1. The second-order valence-electron chi connectivity index (χ2n) is 10.2. The number of anilines is 2. The molecule has 212 valence electrons. The Labute approximate surface area is 241 Å². The topological polar surface area (TPSA) is 127 Å². The number of nitrogens with one attached hydrogen (secondary N) is 3. The first-order valence-corrected chi connectivity index (χ1v) is 13.4. The second kappa shape index (κ2) is 11.9. The SMILES string of the molecule is CC1(C(=O)Nc2ccncc2)COC(c2nc(-c3ccc(F)cc3)c(-c3ccnc(NCc4ccccc4)n3)[nH]2)OC1. The lowest BCUT2D eigenvalue weighted by Crippen LogP contribution is -2.45. The van der Waals surface area contributed by atoms with Crippen LogP contribution < -0.4 is 10.6 Å². The van der Waals surface area contributed by atoms with Crippen LogP contribution in [0.1, 0.15) is 24.6 Å². The Hall–Kier alpha value is -5.00. The summed E-state index contributed by atoms with van der Waals surface area (Å²) < 4.78 is 25.8. The number of amides is 1. The van der Waals surface area contributed by atoms with Crippen molar-refractivity contribution in [3.05, 3.63) is 109 Å². The van der Waals surface area contributed by atoms with Crippen molar-refractivity contribution in [2.45, 2.75) is 19.8 Å². The number of nitrogens with zero attached hydrogens (tertiary/aromatic N) is 4. The molecule has 0 aliphatic carbocycles. The molecule has 0 spiro atoms. The molecule has 0 bridgehead atoms. The number of carbonyl (C=O) groups excluding carboxylic acids is 1. The van der Waals surface area contributed by atoms with Crippen LogP contribution in [0, 0.1) is 11.2 Å². The van der Waals surface area contributed by atoms with Crippen molar-refractivity contribution in [3.63, 3.8) is 0 Å². The number of H-pyrrole nitrogens is 1. The van der Waals surface area contributed by atoms with Gasteiger partial charge in [0.25, 0.3) is 0 Å². The van der Waals surface area contributed by atoms with E-state index in [0.29, 0.717) is 46.7 Å². The number of halogens is 1. The van der Waals surface area contributed by atoms with Gasteiger partial charge in [-0.25, -0.2) is 19.3 Å². The Morgan fingerprint density at radius 3 is 2.45 bits per heavy atom. The van der Waals surface area contributed by atoms with Crippen molar-refractivity contribution in [1.29, 1.82) is 0 Å². The molecule has 0 saturated carbocycles. The number of pyridine rings is 1. The number of hydrogen-bond acceptors (Lipinski definition) is 8. The Morgan fingerprint density at radius 2 is 1.71 bits per heavy atom.